The second-order valence-corrected chi connectivity index (χ2v) is 5.60. The lowest BCUT2D eigenvalue weighted by atomic mass is 9.85. The lowest BCUT2D eigenvalue weighted by molar-refractivity contribution is 0.594. The molecule has 0 unspecified atom stereocenters. The van der Waals surface area contributed by atoms with Crippen molar-refractivity contribution in [2.24, 2.45) is 0 Å². The van der Waals surface area contributed by atoms with Gasteiger partial charge < -0.3 is 0 Å². The summed E-state index contributed by atoms with van der Waals surface area (Å²) in [7, 11) is 0. The molecule has 1 aromatic heterocycles. The van der Waals surface area contributed by atoms with Crippen molar-refractivity contribution < 1.29 is 0 Å². The zero-order valence-electron chi connectivity index (χ0n) is 9.21. The van der Waals surface area contributed by atoms with E-state index in [-0.39, 0.29) is 5.41 Å². The Bertz CT molecular complexity index is 497. The fourth-order valence-corrected chi connectivity index (χ4v) is 2.20. The molecule has 0 fully saturated rings. The van der Waals surface area contributed by atoms with Crippen molar-refractivity contribution in [2.75, 3.05) is 0 Å². The first-order chi connectivity index (χ1) is 7.00. The van der Waals surface area contributed by atoms with E-state index in [0.717, 1.165) is 9.99 Å². The summed E-state index contributed by atoms with van der Waals surface area (Å²) >= 11 is 3.56. The van der Waals surface area contributed by atoms with Crippen LogP contribution in [0, 0.1) is 0 Å². The number of aromatic nitrogens is 1. The Morgan fingerprint density at radius 1 is 1.13 bits per heavy atom. The first kappa shape index (κ1) is 10.6. The molecule has 15 heavy (non-hydrogen) atoms. The molecule has 0 aliphatic heterocycles. The highest BCUT2D eigenvalue weighted by Gasteiger charge is 2.18. The SMILES string of the molecule is CC(C)(C)c1ccc(Br)c2cccnc12. The summed E-state index contributed by atoms with van der Waals surface area (Å²) < 4.78 is 1.11. The maximum absolute atomic E-state index is 4.48. The summed E-state index contributed by atoms with van der Waals surface area (Å²) in [6.45, 7) is 6.64. The summed E-state index contributed by atoms with van der Waals surface area (Å²) in [5.41, 5.74) is 2.52. The Kier molecular flexibility index (Phi) is 2.55. The van der Waals surface area contributed by atoms with Crippen LogP contribution in [-0.4, -0.2) is 4.98 Å². The highest BCUT2D eigenvalue weighted by atomic mass is 79.9. The molecule has 78 valence electrons. The molecule has 0 N–H and O–H groups in total. The van der Waals surface area contributed by atoms with Gasteiger partial charge in [0.1, 0.15) is 0 Å². The van der Waals surface area contributed by atoms with Crippen LogP contribution < -0.4 is 0 Å². The minimum absolute atomic E-state index is 0.132. The lowest BCUT2D eigenvalue weighted by Gasteiger charge is -2.20. The van der Waals surface area contributed by atoms with Crippen molar-refractivity contribution in [3.05, 3.63) is 40.5 Å². The van der Waals surface area contributed by atoms with Crippen LogP contribution in [0.15, 0.2) is 34.9 Å². The fraction of sp³-hybridized carbons (Fsp3) is 0.308. The van der Waals surface area contributed by atoms with Crippen LogP contribution in [0.25, 0.3) is 10.9 Å². The molecule has 1 heterocycles. The van der Waals surface area contributed by atoms with Crippen molar-refractivity contribution in [2.45, 2.75) is 26.2 Å². The molecule has 2 rings (SSSR count). The van der Waals surface area contributed by atoms with E-state index in [9.17, 15) is 0 Å². The number of benzene rings is 1. The van der Waals surface area contributed by atoms with Crippen LogP contribution in [0.5, 0.6) is 0 Å². The average Bonchev–Trinajstić information content (AvgIpc) is 2.17. The number of rotatable bonds is 0. The lowest BCUT2D eigenvalue weighted by Crippen LogP contribution is -2.12. The van der Waals surface area contributed by atoms with E-state index in [1.54, 1.807) is 0 Å². The number of pyridine rings is 1. The largest absolute Gasteiger partial charge is 0.256 e. The Morgan fingerprint density at radius 2 is 1.87 bits per heavy atom. The normalized spacial score (nSPS) is 12.0. The molecule has 2 heteroatoms. The predicted octanol–water partition coefficient (Wildman–Crippen LogP) is 4.29. The Balaban J connectivity index is 2.84. The summed E-state index contributed by atoms with van der Waals surface area (Å²) in [5, 5.41) is 1.19. The van der Waals surface area contributed by atoms with E-state index in [1.807, 2.05) is 12.3 Å². The average molecular weight is 264 g/mol. The molecule has 1 nitrogen and oxygen atoms in total. The molecular formula is C13H14BrN. The molecule has 0 saturated carbocycles. The third-order valence-corrected chi connectivity index (χ3v) is 3.22. The van der Waals surface area contributed by atoms with Crippen LogP contribution in [0.4, 0.5) is 0 Å². The molecule has 0 saturated heterocycles. The van der Waals surface area contributed by atoms with Gasteiger partial charge in [-0.05, 0) is 23.1 Å². The predicted molar refractivity (Wildman–Crippen MR) is 68.1 cm³/mol. The summed E-state index contributed by atoms with van der Waals surface area (Å²) in [5.74, 6) is 0. The molecule has 0 atom stereocenters. The molecule has 0 aliphatic rings. The zero-order chi connectivity index (χ0) is 11.1. The molecule has 2 aromatic rings. The second-order valence-electron chi connectivity index (χ2n) is 4.74. The Morgan fingerprint density at radius 3 is 2.53 bits per heavy atom. The van der Waals surface area contributed by atoms with Crippen molar-refractivity contribution in [3.8, 4) is 0 Å². The van der Waals surface area contributed by atoms with Gasteiger partial charge in [0.05, 0.1) is 5.52 Å². The Labute approximate surface area is 98.7 Å². The first-order valence-corrected chi connectivity index (χ1v) is 5.83. The van der Waals surface area contributed by atoms with Crippen molar-refractivity contribution in [1.82, 2.24) is 4.98 Å². The minimum atomic E-state index is 0.132. The van der Waals surface area contributed by atoms with Crippen LogP contribution in [-0.2, 0) is 5.41 Å². The van der Waals surface area contributed by atoms with Gasteiger partial charge in [0.15, 0.2) is 0 Å². The number of fused-ring (bicyclic) bond motifs is 1. The molecule has 0 amide bonds. The minimum Gasteiger partial charge on any atom is -0.256 e. The molecule has 0 radical (unpaired) electrons. The summed E-state index contributed by atoms with van der Waals surface area (Å²) in [4.78, 5) is 4.48. The molecule has 0 spiro atoms. The highest BCUT2D eigenvalue weighted by Crippen LogP contribution is 2.32. The van der Waals surface area contributed by atoms with Crippen molar-refractivity contribution in [3.63, 3.8) is 0 Å². The van der Waals surface area contributed by atoms with Gasteiger partial charge in [0.2, 0.25) is 0 Å². The van der Waals surface area contributed by atoms with Crippen LogP contribution in [0.2, 0.25) is 0 Å². The highest BCUT2D eigenvalue weighted by molar-refractivity contribution is 9.10. The maximum Gasteiger partial charge on any atom is 0.0750 e. The topological polar surface area (TPSA) is 12.9 Å². The van der Waals surface area contributed by atoms with E-state index >= 15 is 0 Å². The standard InChI is InChI=1S/C13H14BrN/c1-13(2,3)10-6-7-11(14)9-5-4-8-15-12(9)10/h4-8H,1-3H3. The number of halogens is 1. The smallest absolute Gasteiger partial charge is 0.0750 e. The van der Waals surface area contributed by atoms with E-state index in [0.29, 0.717) is 0 Å². The molecular weight excluding hydrogens is 250 g/mol. The number of hydrogen-bond donors (Lipinski definition) is 0. The van der Waals surface area contributed by atoms with E-state index in [4.69, 9.17) is 0 Å². The molecule has 0 bridgehead atoms. The van der Waals surface area contributed by atoms with E-state index in [2.05, 4.69) is 59.9 Å². The van der Waals surface area contributed by atoms with Gasteiger partial charge in [-0.3, -0.25) is 4.98 Å². The third kappa shape index (κ3) is 1.91. The second kappa shape index (κ2) is 3.60. The van der Waals surface area contributed by atoms with Gasteiger partial charge in [0, 0.05) is 16.1 Å². The van der Waals surface area contributed by atoms with Gasteiger partial charge in [-0.2, -0.15) is 0 Å². The van der Waals surface area contributed by atoms with Crippen molar-refractivity contribution >= 4 is 26.8 Å². The molecule has 1 aromatic carbocycles. The van der Waals surface area contributed by atoms with Gasteiger partial charge in [-0.25, -0.2) is 0 Å². The fourth-order valence-electron chi connectivity index (χ4n) is 1.74. The summed E-state index contributed by atoms with van der Waals surface area (Å²) in [6.07, 6.45) is 1.85. The van der Waals surface area contributed by atoms with Crippen LogP contribution in [0.1, 0.15) is 26.3 Å². The molecule has 0 aliphatic carbocycles. The van der Waals surface area contributed by atoms with Crippen LogP contribution in [0.3, 0.4) is 0 Å². The van der Waals surface area contributed by atoms with Gasteiger partial charge >= 0.3 is 0 Å². The van der Waals surface area contributed by atoms with Crippen LogP contribution >= 0.6 is 15.9 Å². The van der Waals surface area contributed by atoms with E-state index < -0.39 is 0 Å². The number of nitrogens with zero attached hydrogens (tertiary/aromatic N) is 1. The third-order valence-electron chi connectivity index (χ3n) is 2.52. The first-order valence-electron chi connectivity index (χ1n) is 5.04. The number of hydrogen-bond acceptors (Lipinski definition) is 1. The summed E-state index contributed by atoms with van der Waals surface area (Å²) in [6, 6.07) is 8.32. The monoisotopic (exact) mass is 263 g/mol. The van der Waals surface area contributed by atoms with Gasteiger partial charge in [0.25, 0.3) is 0 Å². The quantitative estimate of drug-likeness (QED) is 0.691. The van der Waals surface area contributed by atoms with Gasteiger partial charge in [-0.15, -0.1) is 0 Å². The zero-order valence-corrected chi connectivity index (χ0v) is 10.8. The van der Waals surface area contributed by atoms with Crippen molar-refractivity contribution in [1.29, 1.82) is 0 Å². The Hall–Kier alpha value is -0.890. The maximum atomic E-state index is 4.48. The van der Waals surface area contributed by atoms with E-state index in [1.165, 1.54) is 10.9 Å². The van der Waals surface area contributed by atoms with Gasteiger partial charge in [-0.1, -0.05) is 48.8 Å².